The monoisotopic (exact) mass is 263 g/mol. The number of ether oxygens (including phenoxy) is 1. The molecule has 102 valence electrons. The summed E-state index contributed by atoms with van der Waals surface area (Å²) in [5, 5.41) is 4.44. The van der Waals surface area contributed by atoms with Crippen LogP contribution in [0.4, 0.5) is 5.95 Å². The van der Waals surface area contributed by atoms with Crippen LogP contribution in [0.5, 0.6) is 6.01 Å². The number of hydrogen-bond acceptors (Lipinski definition) is 7. The lowest BCUT2D eigenvalue weighted by molar-refractivity contribution is 0.377. The van der Waals surface area contributed by atoms with Crippen LogP contribution in [0.2, 0.25) is 0 Å². The van der Waals surface area contributed by atoms with E-state index in [1.54, 1.807) is 4.68 Å². The highest BCUT2D eigenvalue weighted by molar-refractivity contribution is 5.33. The van der Waals surface area contributed by atoms with Crippen LogP contribution in [0.3, 0.4) is 0 Å². The van der Waals surface area contributed by atoms with E-state index < -0.39 is 0 Å². The molecule has 2 heterocycles. The van der Waals surface area contributed by atoms with Gasteiger partial charge in [0.25, 0.3) is 5.95 Å². The normalized spacial score (nSPS) is 10.6. The van der Waals surface area contributed by atoms with Gasteiger partial charge in [-0.1, -0.05) is 6.92 Å². The summed E-state index contributed by atoms with van der Waals surface area (Å²) in [6.45, 7) is 6.02. The van der Waals surface area contributed by atoms with Crippen LogP contribution in [-0.2, 0) is 6.42 Å². The van der Waals surface area contributed by atoms with Crippen LogP contribution < -0.4 is 16.0 Å². The van der Waals surface area contributed by atoms with Crippen molar-refractivity contribution >= 4 is 5.95 Å². The number of hydrazine groups is 1. The van der Waals surface area contributed by atoms with E-state index in [4.69, 9.17) is 10.6 Å². The smallest absolute Gasteiger partial charge is 0.322 e. The largest absolute Gasteiger partial charge is 0.467 e. The third kappa shape index (κ3) is 2.34. The second-order valence-corrected chi connectivity index (χ2v) is 4.00. The van der Waals surface area contributed by atoms with E-state index in [-0.39, 0.29) is 12.0 Å². The molecule has 3 N–H and O–H groups in total. The van der Waals surface area contributed by atoms with Crippen LogP contribution in [-0.4, -0.2) is 31.8 Å². The van der Waals surface area contributed by atoms with Gasteiger partial charge in [0.1, 0.15) is 0 Å². The summed E-state index contributed by atoms with van der Waals surface area (Å²) in [7, 11) is 1.48. The van der Waals surface area contributed by atoms with Gasteiger partial charge in [0, 0.05) is 5.69 Å². The number of aromatic nitrogens is 5. The quantitative estimate of drug-likeness (QED) is 0.612. The van der Waals surface area contributed by atoms with Crippen molar-refractivity contribution in [3.63, 3.8) is 0 Å². The van der Waals surface area contributed by atoms with Crippen LogP contribution in [0, 0.1) is 13.8 Å². The maximum absolute atomic E-state index is 5.33. The van der Waals surface area contributed by atoms with Crippen LogP contribution in [0.25, 0.3) is 5.95 Å². The molecule has 0 atom stereocenters. The van der Waals surface area contributed by atoms with E-state index in [0.717, 1.165) is 17.8 Å². The highest BCUT2D eigenvalue weighted by atomic mass is 16.5. The lowest BCUT2D eigenvalue weighted by Crippen LogP contribution is -2.15. The summed E-state index contributed by atoms with van der Waals surface area (Å²) in [6, 6.07) is 0.184. The Labute approximate surface area is 111 Å². The Morgan fingerprint density at radius 1 is 1.26 bits per heavy atom. The fourth-order valence-corrected chi connectivity index (χ4v) is 1.98. The van der Waals surface area contributed by atoms with Gasteiger partial charge in [-0.25, -0.2) is 10.5 Å². The predicted molar refractivity (Wildman–Crippen MR) is 70.2 cm³/mol. The molecule has 2 rings (SSSR count). The molecular weight excluding hydrogens is 246 g/mol. The molecule has 0 aliphatic heterocycles. The molecule has 2 aromatic heterocycles. The van der Waals surface area contributed by atoms with E-state index in [1.807, 2.05) is 13.8 Å². The molecule has 2 aromatic rings. The van der Waals surface area contributed by atoms with Crippen molar-refractivity contribution in [1.29, 1.82) is 0 Å². The molecule has 0 aliphatic carbocycles. The fraction of sp³-hybridized carbons (Fsp3) is 0.455. The molecule has 0 saturated heterocycles. The van der Waals surface area contributed by atoms with Crippen molar-refractivity contribution in [1.82, 2.24) is 24.7 Å². The molecular formula is C11H17N7O. The van der Waals surface area contributed by atoms with Crippen molar-refractivity contribution < 1.29 is 4.74 Å². The van der Waals surface area contributed by atoms with Gasteiger partial charge in [0.2, 0.25) is 5.95 Å². The Morgan fingerprint density at radius 3 is 2.53 bits per heavy atom. The van der Waals surface area contributed by atoms with Crippen molar-refractivity contribution in [2.24, 2.45) is 5.84 Å². The van der Waals surface area contributed by atoms with E-state index >= 15 is 0 Å². The zero-order valence-electron chi connectivity index (χ0n) is 11.4. The van der Waals surface area contributed by atoms with Gasteiger partial charge < -0.3 is 4.74 Å². The van der Waals surface area contributed by atoms with Gasteiger partial charge in [-0.05, 0) is 25.8 Å². The first-order valence-electron chi connectivity index (χ1n) is 5.92. The Morgan fingerprint density at radius 2 is 2.00 bits per heavy atom. The summed E-state index contributed by atoms with van der Waals surface area (Å²) in [5.41, 5.74) is 5.52. The first-order valence-corrected chi connectivity index (χ1v) is 5.92. The average molecular weight is 263 g/mol. The van der Waals surface area contributed by atoms with Crippen LogP contribution in [0.15, 0.2) is 0 Å². The summed E-state index contributed by atoms with van der Waals surface area (Å²) < 4.78 is 6.69. The minimum Gasteiger partial charge on any atom is -0.467 e. The van der Waals surface area contributed by atoms with E-state index in [9.17, 15) is 0 Å². The molecule has 0 amide bonds. The van der Waals surface area contributed by atoms with Gasteiger partial charge in [0.05, 0.1) is 12.8 Å². The number of nitrogen functional groups attached to an aromatic ring is 1. The maximum Gasteiger partial charge on any atom is 0.322 e. The molecule has 0 spiro atoms. The fourth-order valence-electron chi connectivity index (χ4n) is 1.98. The lowest BCUT2D eigenvalue weighted by Gasteiger charge is -2.06. The molecule has 0 unspecified atom stereocenters. The lowest BCUT2D eigenvalue weighted by atomic mass is 10.1. The maximum atomic E-state index is 5.33. The van der Waals surface area contributed by atoms with Gasteiger partial charge in [-0.15, -0.1) is 0 Å². The van der Waals surface area contributed by atoms with Crippen molar-refractivity contribution in [3.8, 4) is 12.0 Å². The topological polar surface area (TPSA) is 104 Å². The SMILES string of the molecule is CCc1c(C)nn(-c2nc(NN)nc(OC)n2)c1C. The second kappa shape index (κ2) is 5.19. The minimum atomic E-state index is 0.184. The van der Waals surface area contributed by atoms with Gasteiger partial charge >= 0.3 is 6.01 Å². The number of nitrogens with zero attached hydrogens (tertiary/aromatic N) is 5. The minimum absolute atomic E-state index is 0.184. The summed E-state index contributed by atoms with van der Waals surface area (Å²) in [5.74, 6) is 5.94. The summed E-state index contributed by atoms with van der Waals surface area (Å²) in [4.78, 5) is 12.3. The summed E-state index contributed by atoms with van der Waals surface area (Å²) in [6.07, 6.45) is 0.905. The number of aryl methyl sites for hydroxylation is 1. The van der Waals surface area contributed by atoms with Crippen molar-refractivity contribution in [3.05, 3.63) is 17.0 Å². The van der Waals surface area contributed by atoms with E-state index in [1.165, 1.54) is 12.7 Å². The first kappa shape index (κ1) is 13.2. The molecule has 8 heteroatoms. The first-order chi connectivity index (χ1) is 9.10. The number of methoxy groups -OCH3 is 1. The standard InChI is InChI=1S/C11H17N7O/c1-5-8-6(2)17-18(7(8)3)10-13-9(16-12)14-11(15-10)19-4/h5,12H2,1-4H3,(H,13,14,15,16). The molecule has 19 heavy (non-hydrogen) atoms. The molecule has 0 fully saturated rings. The molecule has 0 aromatic carbocycles. The number of nitrogens with one attached hydrogen (secondary N) is 1. The molecule has 0 saturated carbocycles. The van der Waals surface area contributed by atoms with Crippen molar-refractivity contribution in [2.75, 3.05) is 12.5 Å². The molecule has 0 aliphatic rings. The number of hydrogen-bond donors (Lipinski definition) is 2. The van der Waals surface area contributed by atoms with Crippen LogP contribution in [0.1, 0.15) is 23.9 Å². The Bertz CT molecular complexity index is 571. The Hall–Kier alpha value is -2.22. The zero-order chi connectivity index (χ0) is 14.0. The highest BCUT2D eigenvalue weighted by Gasteiger charge is 2.15. The number of nitrogens with two attached hydrogens (primary N) is 1. The van der Waals surface area contributed by atoms with E-state index in [0.29, 0.717) is 5.95 Å². The Kier molecular flexibility index (Phi) is 3.61. The van der Waals surface area contributed by atoms with Gasteiger partial charge in [-0.2, -0.15) is 20.1 Å². The summed E-state index contributed by atoms with van der Waals surface area (Å²) >= 11 is 0. The van der Waals surface area contributed by atoms with E-state index in [2.05, 4.69) is 32.4 Å². The number of rotatable bonds is 4. The third-order valence-corrected chi connectivity index (χ3v) is 2.90. The zero-order valence-corrected chi connectivity index (χ0v) is 11.4. The highest BCUT2D eigenvalue weighted by Crippen LogP contribution is 2.17. The second-order valence-electron chi connectivity index (χ2n) is 4.00. The number of anilines is 1. The van der Waals surface area contributed by atoms with Crippen molar-refractivity contribution in [2.45, 2.75) is 27.2 Å². The van der Waals surface area contributed by atoms with Crippen LogP contribution >= 0.6 is 0 Å². The third-order valence-electron chi connectivity index (χ3n) is 2.90. The predicted octanol–water partition coefficient (Wildman–Crippen LogP) is 0.531. The molecule has 8 nitrogen and oxygen atoms in total. The molecule has 0 radical (unpaired) electrons. The molecule has 0 bridgehead atoms. The Balaban J connectivity index is 2.58. The average Bonchev–Trinajstić information content (AvgIpc) is 2.72. The van der Waals surface area contributed by atoms with Gasteiger partial charge in [0.15, 0.2) is 0 Å². The van der Waals surface area contributed by atoms with Gasteiger partial charge in [-0.3, -0.25) is 5.43 Å².